The standard InChI is InChI=1S/C22H17NO5.ClH/c24-17-10-4-3-9-16(17)19(23-12-13-6-5-11-28-13)18-20(25)14-7-1-2-8-15(14)21(26)22(18)27;/h1-11,19,23-25H,12H2;1H. The summed E-state index contributed by atoms with van der Waals surface area (Å²) in [7, 11) is 0. The number of phenols is 1. The number of ketones is 2. The van der Waals surface area contributed by atoms with Gasteiger partial charge in [0.2, 0.25) is 11.6 Å². The van der Waals surface area contributed by atoms with Crippen molar-refractivity contribution in [3.8, 4) is 5.75 Å². The molecule has 0 bridgehead atoms. The number of hydrogen-bond acceptors (Lipinski definition) is 6. The molecule has 1 heterocycles. The molecule has 1 aliphatic carbocycles. The summed E-state index contributed by atoms with van der Waals surface area (Å²) in [6, 6.07) is 15.5. The van der Waals surface area contributed by atoms with E-state index in [4.69, 9.17) is 4.42 Å². The second kappa shape index (κ2) is 8.34. The molecular weight excluding hydrogens is 394 g/mol. The van der Waals surface area contributed by atoms with Crippen LogP contribution in [-0.4, -0.2) is 21.8 Å². The molecule has 0 saturated carbocycles. The zero-order chi connectivity index (χ0) is 19.7. The molecule has 7 heteroatoms. The molecule has 1 unspecified atom stereocenters. The predicted molar refractivity (Wildman–Crippen MR) is 109 cm³/mol. The summed E-state index contributed by atoms with van der Waals surface area (Å²) in [5.74, 6) is -1.23. The van der Waals surface area contributed by atoms with Crippen LogP contribution in [0.25, 0.3) is 5.76 Å². The number of hydrogen-bond donors (Lipinski definition) is 3. The second-order valence-corrected chi connectivity index (χ2v) is 6.42. The molecule has 0 spiro atoms. The number of carbonyl (C=O) groups is 2. The van der Waals surface area contributed by atoms with Gasteiger partial charge in [0.05, 0.1) is 24.4 Å². The number of benzene rings is 2. The Hall–Kier alpha value is -3.35. The largest absolute Gasteiger partial charge is 0.508 e. The van der Waals surface area contributed by atoms with Crippen molar-refractivity contribution in [3.63, 3.8) is 0 Å². The molecule has 2 aromatic carbocycles. The van der Waals surface area contributed by atoms with Crippen molar-refractivity contribution in [3.05, 3.63) is 95.0 Å². The van der Waals surface area contributed by atoms with Crippen molar-refractivity contribution in [1.29, 1.82) is 0 Å². The van der Waals surface area contributed by atoms with E-state index in [0.29, 0.717) is 16.9 Å². The highest BCUT2D eigenvalue weighted by atomic mass is 35.5. The van der Waals surface area contributed by atoms with Gasteiger partial charge in [0, 0.05) is 16.7 Å². The Balaban J connectivity index is 0.00000240. The van der Waals surface area contributed by atoms with Crippen LogP contribution < -0.4 is 5.32 Å². The molecule has 148 valence electrons. The number of nitrogens with one attached hydrogen (secondary N) is 1. The Morgan fingerprint density at radius 2 is 1.55 bits per heavy atom. The Bertz CT molecular complexity index is 1090. The first-order chi connectivity index (χ1) is 13.6. The third kappa shape index (κ3) is 3.68. The van der Waals surface area contributed by atoms with Crippen LogP contribution in [0.15, 0.2) is 76.9 Å². The highest BCUT2D eigenvalue weighted by molar-refractivity contribution is 6.52. The van der Waals surface area contributed by atoms with Crippen LogP contribution in [0.4, 0.5) is 0 Å². The zero-order valence-corrected chi connectivity index (χ0v) is 16.0. The SMILES string of the molecule is Cl.O=C1C(=O)c2ccccc2C(O)=C1C(NCc1ccco1)c1ccccc1O. The van der Waals surface area contributed by atoms with Crippen molar-refractivity contribution in [2.24, 2.45) is 0 Å². The Morgan fingerprint density at radius 1 is 0.862 bits per heavy atom. The van der Waals surface area contributed by atoms with Crippen LogP contribution in [0, 0.1) is 0 Å². The lowest BCUT2D eigenvalue weighted by atomic mass is 9.83. The smallest absolute Gasteiger partial charge is 0.235 e. The van der Waals surface area contributed by atoms with Gasteiger partial charge in [-0.25, -0.2) is 0 Å². The molecule has 1 atom stereocenters. The number of Topliss-reactive ketones (excluding diaryl/α,β-unsaturated/α-hetero) is 2. The maximum atomic E-state index is 12.9. The van der Waals surface area contributed by atoms with Crippen LogP contribution in [-0.2, 0) is 11.3 Å². The van der Waals surface area contributed by atoms with Crippen molar-refractivity contribution in [2.75, 3.05) is 0 Å². The van der Waals surface area contributed by atoms with Gasteiger partial charge in [-0.1, -0.05) is 42.5 Å². The Kier molecular flexibility index (Phi) is 5.87. The average molecular weight is 412 g/mol. The normalized spacial score (nSPS) is 14.3. The van der Waals surface area contributed by atoms with Crippen molar-refractivity contribution < 1.29 is 24.2 Å². The fourth-order valence-electron chi connectivity index (χ4n) is 3.37. The number of aromatic hydroxyl groups is 1. The maximum Gasteiger partial charge on any atom is 0.235 e. The van der Waals surface area contributed by atoms with Gasteiger partial charge in [-0.2, -0.15) is 0 Å². The number of rotatable bonds is 5. The molecule has 3 aromatic rings. The van der Waals surface area contributed by atoms with Crippen LogP contribution in [0.2, 0.25) is 0 Å². The molecular formula is C22H18ClNO5. The molecule has 4 rings (SSSR count). The minimum atomic E-state index is -0.906. The number of halogens is 1. The number of fused-ring (bicyclic) bond motifs is 1. The number of aliphatic hydroxyl groups excluding tert-OH is 1. The molecule has 6 nitrogen and oxygen atoms in total. The average Bonchev–Trinajstić information content (AvgIpc) is 3.23. The van der Waals surface area contributed by atoms with E-state index in [0.717, 1.165) is 0 Å². The summed E-state index contributed by atoms with van der Waals surface area (Å²) in [6.07, 6.45) is 1.52. The number of phenolic OH excluding ortho intramolecular Hbond substituents is 1. The number of carbonyl (C=O) groups excluding carboxylic acids is 2. The Labute approximate surface area is 172 Å². The number of aliphatic hydroxyl groups is 1. The van der Waals surface area contributed by atoms with Crippen molar-refractivity contribution in [2.45, 2.75) is 12.6 Å². The quantitative estimate of drug-likeness (QED) is 0.549. The maximum absolute atomic E-state index is 12.9. The predicted octanol–water partition coefficient (Wildman–Crippen LogP) is 3.97. The van der Waals surface area contributed by atoms with E-state index in [1.54, 1.807) is 48.5 Å². The van der Waals surface area contributed by atoms with E-state index < -0.39 is 17.6 Å². The molecule has 0 amide bonds. The molecule has 29 heavy (non-hydrogen) atoms. The molecule has 0 aliphatic heterocycles. The van der Waals surface area contributed by atoms with Crippen LogP contribution >= 0.6 is 12.4 Å². The number of para-hydroxylation sites is 1. The summed E-state index contributed by atoms with van der Waals surface area (Å²) in [5.41, 5.74) is 0.728. The van der Waals surface area contributed by atoms with Gasteiger partial charge in [-0.15, -0.1) is 12.4 Å². The first-order valence-electron chi connectivity index (χ1n) is 8.73. The lowest BCUT2D eigenvalue weighted by Gasteiger charge is -2.26. The van der Waals surface area contributed by atoms with E-state index >= 15 is 0 Å². The minimum absolute atomic E-state index is 0. The second-order valence-electron chi connectivity index (χ2n) is 6.42. The fraction of sp³-hybridized carbons (Fsp3) is 0.0909. The Morgan fingerprint density at radius 3 is 2.24 bits per heavy atom. The minimum Gasteiger partial charge on any atom is -0.508 e. The van der Waals surface area contributed by atoms with Gasteiger partial charge in [-0.3, -0.25) is 14.9 Å². The third-order valence-corrected chi connectivity index (χ3v) is 4.73. The van der Waals surface area contributed by atoms with Crippen LogP contribution in [0.3, 0.4) is 0 Å². The monoisotopic (exact) mass is 411 g/mol. The van der Waals surface area contributed by atoms with E-state index in [-0.39, 0.29) is 41.6 Å². The summed E-state index contributed by atoms with van der Waals surface area (Å²) in [4.78, 5) is 25.5. The number of furan rings is 1. The van der Waals surface area contributed by atoms with Crippen LogP contribution in [0.5, 0.6) is 5.75 Å². The molecule has 0 fully saturated rings. The summed E-state index contributed by atoms with van der Waals surface area (Å²) in [5, 5.41) is 24.3. The molecule has 3 N–H and O–H groups in total. The first kappa shape index (κ1) is 20.4. The summed E-state index contributed by atoms with van der Waals surface area (Å²) < 4.78 is 5.31. The fourth-order valence-corrected chi connectivity index (χ4v) is 3.37. The third-order valence-electron chi connectivity index (χ3n) is 4.73. The molecule has 0 radical (unpaired) electrons. The first-order valence-corrected chi connectivity index (χ1v) is 8.73. The van der Waals surface area contributed by atoms with E-state index in [1.165, 1.54) is 18.4 Å². The van der Waals surface area contributed by atoms with Gasteiger partial charge in [-0.05, 0) is 18.2 Å². The van der Waals surface area contributed by atoms with E-state index in [2.05, 4.69) is 5.32 Å². The summed E-state index contributed by atoms with van der Waals surface area (Å²) >= 11 is 0. The van der Waals surface area contributed by atoms with Gasteiger partial charge in [0.25, 0.3) is 0 Å². The van der Waals surface area contributed by atoms with Crippen molar-refractivity contribution in [1.82, 2.24) is 5.32 Å². The molecule has 0 saturated heterocycles. The van der Waals surface area contributed by atoms with Crippen LogP contribution in [0.1, 0.15) is 33.3 Å². The van der Waals surface area contributed by atoms with E-state index in [1.807, 2.05) is 0 Å². The van der Waals surface area contributed by atoms with Gasteiger partial charge in [0.15, 0.2) is 0 Å². The summed E-state index contributed by atoms with van der Waals surface area (Å²) in [6.45, 7) is 0.228. The zero-order valence-electron chi connectivity index (χ0n) is 15.2. The molecule has 1 aliphatic rings. The van der Waals surface area contributed by atoms with Gasteiger partial charge >= 0.3 is 0 Å². The topological polar surface area (TPSA) is 99.8 Å². The molecule has 1 aromatic heterocycles. The lowest BCUT2D eigenvalue weighted by Crippen LogP contribution is -2.33. The van der Waals surface area contributed by atoms with E-state index in [9.17, 15) is 19.8 Å². The highest BCUT2D eigenvalue weighted by Crippen LogP contribution is 2.37. The van der Waals surface area contributed by atoms with Crippen molar-refractivity contribution >= 4 is 29.7 Å². The lowest BCUT2D eigenvalue weighted by molar-refractivity contribution is -0.112. The highest BCUT2D eigenvalue weighted by Gasteiger charge is 2.38. The van der Waals surface area contributed by atoms with Gasteiger partial charge in [0.1, 0.15) is 17.3 Å². The van der Waals surface area contributed by atoms with Gasteiger partial charge < -0.3 is 14.6 Å².